The van der Waals surface area contributed by atoms with E-state index in [1.54, 1.807) is 13.8 Å². The van der Waals surface area contributed by atoms with Gasteiger partial charge in [-0.1, -0.05) is 0 Å². The Kier molecular flexibility index (Phi) is 5.64. The molecule has 0 rings (SSSR count). The third-order valence-electron chi connectivity index (χ3n) is 1.03. The van der Waals surface area contributed by atoms with Crippen LogP contribution in [0.2, 0.25) is 0 Å². The first kappa shape index (κ1) is 13.0. The molecule has 0 saturated carbocycles. The summed E-state index contributed by atoms with van der Waals surface area (Å²) in [4.78, 5) is 10.2. The Morgan fingerprint density at radius 1 is 1.70 bits per heavy atom. The Labute approximate surface area is 78.8 Å². The number of carboxylic acid groups (broad SMARTS) is 1. The van der Waals surface area contributed by atoms with Gasteiger partial charge in [0.05, 0.1) is 0 Å². The molecule has 0 aromatic heterocycles. The predicted molar refractivity (Wildman–Crippen MR) is 44.4 cm³/mol. The molecule has 0 amide bonds. The van der Waals surface area contributed by atoms with E-state index >= 15 is 0 Å². The van der Waals surface area contributed by atoms with Gasteiger partial charge >= 0.3 is 5.97 Å². The van der Waals surface area contributed by atoms with Crippen LogP contribution in [0.15, 0.2) is 0 Å². The molecule has 0 heterocycles. The van der Waals surface area contributed by atoms with E-state index in [-0.39, 0.29) is 19.8 Å². The second-order valence-electron chi connectivity index (χ2n) is 2.47. The first-order valence-corrected chi connectivity index (χ1v) is 3.01. The fourth-order valence-electron chi connectivity index (χ4n) is 0.302. The monoisotopic (exact) mass is 218 g/mol. The van der Waals surface area contributed by atoms with Crippen molar-refractivity contribution in [3.8, 4) is 0 Å². The summed E-state index contributed by atoms with van der Waals surface area (Å²) in [7, 11) is 0. The molecule has 0 aromatic carbocycles. The number of hydrogen-bond donors (Lipinski definition) is 3. The average Bonchev–Trinajstić information content (AvgIpc) is 1.62. The molecule has 1 atom stereocenters. The van der Waals surface area contributed by atoms with Crippen LogP contribution in [0.1, 0.15) is 13.8 Å². The fraction of sp³-hybridized carbons (Fsp3) is 0.800. The van der Waals surface area contributed by atoms with Crippen LogP contribution in [0.25, 0.3) is 0 Å². The van der Waals surface area contributed by atoms with Crippen molar-refractivity contribution >= 4 is 38.4 Å². The summed E-state index contributed by atoms with van der Waals surface area (Å²) in [5.74, 6) is -1.02. The number of carbonyl (C=O) groups is 1. The van der Waals surface area contributed by atoms with E-state index in [0.29, 0.717) is 0 Å². The minimum Gasteiger partial charge on any atom is -0.480 e. The smallest absolute Gasteiger partial charge is 0.321 e. The van der Waals surface area contributed by atoms with E-state index in [4.69, 9.17) is 10.8 Å². The first-order valence-electron chi connectivity index (χ1n) is 2.56. The Morgan fingerprint density at radius 2 is 2.00 bits per heavy atom. The molecule has 3 N–H and O–H groups in total. The van der Waals surface area contributed by atoms with Crippen LogP contribution in [-0.2, 0) is 4.79 Å². The molecule has 0 saturated heterocycles. The van der Waals surface area contributed by atoms with Crippen molar-refractivity contribution in [2.75, 3.05) is 0 Å². The van der Waals surface area contributed by atoms with Crippen molar-refractivity contribution < 1.29 is 9.90 Å². The van der Waals surface area contributed by atoms with Gasteiger partial charge < -0.3 is 10.8 Å². The molecule has 5 heteroatoms. The van der Waals surface area contributed by atoms with Gasteiger partial charge in [-0.2, -0.15) is 12.6 Å². The molecule has 10 heavy (non-hydrogen) atoms. The van der Waals surface area contributed by atoms with E-state index in [0.717, 1.165) is 0 Å². The van der Waals surface area contributed by atoms with E-state index in [9.17, 15) is 4.79 Å². The molecule has 0 aliphatic carbocycles. The zero-order valence-corrected chi connectivity index (χ0v) is 9.35. The molecule has 3 radical (unpaired) electrons. The molecule has 0 aliphatic heterocycles. The summed E-state index contributed by atoms with van der Waals surface area (Å²) in [5.41, 5.74) is 5.22. The van der Waals surface area contributed by atoms with Crippen molar-refractivity contribution in [2.45, 2.75) is 24.6 Å². The van der Waals surface area contributed by atoms with Gasteiger partial charge in [-0.05, 0) is 13.8 Å². The van der Waals surface area contributed by atoms with Gasteiger partial charge in [-0.15, -0.1) is 0 Å². The van der Waals surface area contributed by atoms with Gasteiger partial charge in [-0.25, -0.2) is 0 Å². The van der Waals surface area contributed by atoms with Crippen LogP contribution in [0.3, 0.4) is 0 Å². The third kappa shape index (κ3) is 4.27. The van der Waals surface area contributed by atoms with Crippen molar-refractivity contribution in [3.63, 3.8) is 0 Å². The molecule has 0 fully saturated rings. The standard InChI is InChI=1S/C5H11NO2S.Ga/c1-5(2,9)3(6)4(7)8;/h3,9H,6H2,1-2H3,(H,7,8);/t3-;/m1./s1. The zero-order valence-electron chi connectivity index (χ0n) is 6.03. The van der Waals surface area contributed by atoms with Gasteiger partial charge in [0.25, 0.3) is 0 Å². The zero-order chi connectivity index (χ0) is 7.65. The molecular weight excluding hydrogens is 208 g/mol. The predicted octanol–water partition coefficient (Wildman–Crippen LogP) is -0.274. The van der Waals surface area contributed by atoms with Gasteiger partial charge in [0, 0.05) is 24.5 Å². The summed E-state index contributed by atoms with van der Waals surface area (Å²) < 4.78 is -0.647. The Morgan fingerprint density at radius 3 is 2.00 bits per heavy atom. The van der Waals surface area contributed by atoms with Gasteiger partial charge in [0.15, 0.2) is 0 Å². The molecule has 0 spiro atoms. The molecular formula is C5H11GaNO2S. The van der Waals surface area contributed by atoms with E-state index < -0.39 is 16.8 Å². The number of hydrogen-bond acceptors (Lipinski definition) is 3. The molecule has 0 unspecified atom stereocenters. The number of carboxylic acids is 1. The summed E-state index contributed by atoms with van der Waals surface area (Å²) in [6.07, 6.45) is 0. The molecule has 3 nitrogen and oxygen atoms in total. The number of rotatable bonds is 2. The van der Waals surface area contributed by atoms with Gasteiger partial charge in [0.2, 0.25) is 0 Å². The van der Waals surface area contributed by atoms with Crippen LogP contribution in [0.4, 0.5) is 0 Å². The molecule has 0 bridgehead atoms. The molecule has 0 aromatic rings. The SMILES string of the molecule is CC(C)(S)[C@H](N)C(=O)O.[Ga]. The number of aliphatic carboxylic acids is 1. The van der Waals surface area contributed by atoms with Crippen molar-refractivity contribution in [2.24, 2.45) is 5.73 Å². The minimum absolute atomic E-state index is 0. The van der Waals surface area contributed by atoms with Crippen LogP contribution in [0, 0.1) is 0 Å². The summed E-state index contributed by atoms with van der Waals surface area (Å²) in [6.45, 7) is 3.32. The van der Waals surface area contributed by atoms with E-state index in [1.807, 2.05) is 0 Å². The summed E-state index contributed by atoms with van der Waals surface area (Å²) in [5, 5.41) is 8.34. The molecule has 0 aliphatic rings. The van der Waals surface area contributed by atoms with Crippen molar-refractivity contribution in [3.05, 3.63) is 0 Å². The maximum atomic E-state index is 10.2. The number of thiol groups is 1. The second-order valence-corrected chi connectivity index (χ2v) is 3.62. The van der Waals surface area contributed by atoms with Crippen LogP contribution in [-0.4, -0.2) is 41.7 Å². The summed E-state index contributed by atoms with van der Waals surface area (Å²) in [6, 6.07) is -0.902. The Hall–Kier alpha value is 0.416. The maximum absolute atomic E-state index is 10.2. The number of nitrogens with two attached hydrogens (primary N) is 1. The first-order chi connectivity index (χ1) is 3.85. The Bertz CT molecular complexity index is 123. The van der Waals surface area contributed by atoms with E-state index in [2.05, 4.69) is 12.6 Å². The largest absolute Gasteiger partial charge is 0.480 e. The topological polar surface area (TPSA) is 63.3 Å². The minimum atomic E-state index is -1.02. The average molecular weight is 219 g/mol. The fourth-order valence-corrected chi connectivity index (χ4v) is 0.413. The van der Waals surface area contributed by atoms with Crippen molar-refractivity contribution in [1.82, 2.24) is 0 Å². The van der Waals surface area contributed by atoms with Crippen LogP contribution in [0.5, 0.6) is 0 Å². The van der Waals surface area contributed by atoms with Crippen LogP contribution >= 0.6 is 12.6 Å². The van der Waals surface area contributed by atoms with E-state index in [1.165, 1.54) is 0 Å². The quantitative estimate of drug-likeness (QED) is 0.442. The van der Waals surface area contributed by atoms with Gasteiger partial charge in [0.1, 0.15) is 6.04 Å². The van der Waals surface area contributed by atoms with Crippen LogP contribution < -0.4 is 5.73 Å². The van der Waals surface area contributed by atoms with Gasteiger partial charge in [-0.3, -0.25) is 4.79 Å². The summed E-state index contributed by atoms with van der Waals surface area (Å²) >= 11 is 3.98. The normalized spacial score (nSPS) is 13.6. The van der Waals surface area contributed by atoms with Crippen molar-refractivity contribution in [1.29, 1.82) is 0 Å². The molecule has 57 valence electrons. The Balaban J connectivity index is 0. The second kappa shape index (κ2) is 4.33. The maximum Gasteiger partial charge on any atom is 0.321 e. The third-order valence-corrected chi connectivity index (χ3v) is 1.31.